The van der Waals surface area contributed by atoms with Crippen molar-refractivity contribution < 1.29 is 4.79 Å². The molecule has 1 aliphatic heterocycles. The normalized spacial score (nSPS) is 16.4. The molecule has 1 atom stereocenters. The molecule has 1 aromatic heterocycles. The minimum Gasteiger partial charge on any atom is -0.337 e. The molecule has 2 aromatic rings. The number of fused-ring (bicyclic) bond motifs is 1. The Morgan fingerprint density at radius 1 is 1.27 bits per heavy atom. The number of benzene rings is 1. The summed E-state index contributed by atoms with van der Waals surface area (Å²) in [7, 11) is 0. The number of aromatic nitrogens is 2. The summed E-state index contributed by atoms with van der Waals surface area (Å²) in [6.45, 7) is 6.13. The van der Waals surface area contributed by atoms with E-state index in [1.54, 1.807) is 0 Å². The molecule has 1 amide bonds. The molecule has 0 bridgehead atoms. The molecule has 1 saturated heterocycles. The summed E-state index contributed by atoms with van der Waals surface area (Å²) in [5.74, 6) is 0.0927. The van der Waals surface area contributed by atoms with Crippen molar-refractivity contribution in [2.75, 3.05) is 13.1 Å². The van der Waals surface area contributed by atoms with E-state index in [1.807, 2.05) is 27.8 Å². The van der Waals surface area contributed by atoms with Crippen LogP contribution in [0.4, 0.5) is 0 Å². The summed E-state index contributed by atoms with van der Waals surface area (Å²) >= 11 is 0. The maximum atomic E-state index is 12.8. The van der Waals surface area contributed by atoms with Crippen molar-refractivity contribution in [3.63, 3.8) is 0 Å². The molecule has 4 heteroatoms. The fraction of sp³-hybridized carbons (Fsp3) is 0.556. The number of carbonyl (C=O) groups excluding carboxylic acids is 1. The lowest BCUT2D eigenvalue weighted by Crippen LogP contribution is -2.28. The minimum atomic E-state index is 0.0927. The molecule has 22 heavy (non-hydrogen) atoms. The minimum absolute atomic E-state index is 0.0927. The van der Waals surface area contributed by atoms with Gasteiger partial charge >= 0.3 is 0 Å². The van der Waals surface area contributed by atoms with Gasteiger partial charge in [-0.2, -0.15) is 5.10 Å². The Labute approximate surface area is 132 Å². The smallest absolute Gasteiger partial charge is 0.275 e. The zero-order valence-electron chi connectivity index (χ0n) is 13.6. The van der Waals surface area contributed by atoms with Crippen LogP contribution in [0.2, 0.25) is 0 Å². The van der Waals surface area contributed by atoms with Crippen LogP contribution in [0.1, 0.15) is 62.5 Å². The highest BCUT2D eigenvalue weighted by Crippen LogP contribution is 2.26. The number of hydrogen-bond acceptors (Lipinski definition) is 2. The van der Waals surface area contributed by atoms with Crippen LogP contribution in [0.15, 0.2) is 24.3 Å². The highest BCUT2D eigenvalue weighted by Gasteiger charge is 2.25. The van der Waals surface area contributed by atoms with E-state index in [2.05, 4.69) is 19.9 Å². The number of hydrogen-bond donors (Lipinski definition) is 0. The molecule has 118 valence electrons. The number of amides is 1. The van der Waals surface area contributed by atoms with Gasteiger partial charge in [0.15, 0.2) is 5.69 Å². The van der Waals surface area contributed by atoms with Gasteiger partial charge < -0.3 is 4.90 Å². The number of unbranched alkanes of at least 4 members (excludes halogenated alkanes) is 1. The van der Waals surface area contributed by atoms with Crippen molar-refractivity contribution in [3.8, 4) is 0 Å². The Bertz CT molecular complexity index is 655. The molecule has 1 fully saturated rings. The predicted octanol–water partition coefficient (Wildman–Crippen LogP) is 4.02. The van der Waals surface area contributed by atoms with E-state index in [1.165, 1.54) is 12.8 Å². The fourth-order valence-corrected chi connectivity index (χ4v) is 3.27. The van der Waals surface area contributed by atoms with Gasteiger partial charge in [-0.3, -0.25) is 9.48 Å². The van der Waals surface area contributed by atoms with E-state index in [9.17, 15) is 4.79 Å². The van der Waals surface area contributed by atoms with Gasteiger partial charge in [0, 0.05) is 24.5 Å². The number of para-hydroxylation sites is 1. The van der Waals surface area contributed by atoms with Gasteiger partial charge in [-0.1, -0.05) is 38.0 Å². The molecule has 4 nitrogen and oxygen atoms in total. The Kier molecular flexibility index (Phi) is 4.46. The van der Waals surface area contributed by atoms with Crippen molar-refractivity contribution in [1.29, 1.82) is 0 Å². The van der Waals surface area contributed by atoms with Crippen LogP contribution in [0.5, 0.6) is 0 Å². The topological polar surface area (TPSA) is 38.1 Å². The highest BCUT2D eigenvalue weighted by atomic mass is 16.2. The summed E-state index contributed by atoms with van der Waals surface area (Å²) in [4.78, 5) is 14.7. The molecule has 0 aliphatic carbocycles. The van der Waals surface area contributed by atoms with Gasteiger partial charge in [-0.05, 0) is 32.3 Å². The Morgan fingerprint density at radius 2 is 2.00 bits per heavy atom. The van der Waals surface area contributed by atoms with Gasteiger partial charge in [0.25, 0.3) is 5.91 Å². The number of likely N-dealkylation sites (tertiary alicyclic amines) is 1. The summed E-state index contributed by atoms with van der Waals surface area (Å²) < 4.78 is 2.05. The second-order valence-corrected chi connectivity index (χ2v) is 6.30. The quantitative estimate of drug-likeness (QED) is 0.836. The first kappa shape index (κ1) is 15.1. The Morgan fingerprint density at radius 3 is 2.73 bits per heavy atom. The van der Waals surface area contributed by atoms with Crippen LogP contribution in [0.3, 0.4) is 0 Å². The first-order valence-corrected chi connectivity index (χ1v) is 8.49. The second-order valence-electron chi connectivity index (χ2n) is 6.30. The Hall–Kier alpha value is -1.84. The van der Waals surface area contributed by atoms with E-state index >= 15 is 0 Å². The van der Waals surface area contributed by atoms with Crippen LogP contribution in [0, 0.1) is 0 Å². The monoisotopic (exact) mass is 299 g/mol. The van der Waals surface area contributed by atoms with Crippen LogP contribution < -0.4 is 0 Å². The zero-order valence-corrected chi connectivity index (χ0v) is 13.6. The van der Waals surface area contributed by atoms with Crippen molar-refractivity contribution in [2.24, 2.45) is 0 Å². The van der Waals surface area contributed by atoms with Gasteiger partial charge in [0.05, 0.1) is 5.52 Å². The third-order valence-corrected chi connectivity index (χ3v) is 4.60. The zero-order chi connectivity index (χ0) is 15.5. The Balaban J connectivity index is 1.98. The lowest BCUT2D eigenvalue weighted by Gasteiger charge is -2.14. The number of carbonyl (C=O) groups is 1. The largest absolute Gasteiger partial charge is 0.337 e. The molecule has 2 heterocycles. The standard InChI is InChI=1S/C18H25N3O/c1-3-4-9-14(2)21-16-11-6-5-10-15(16)17(19-21)18(22)20-12-7-8-13-20/h5-6,10-11,14H,3-4,7-9,12-13H2,1-2H3. The average Bonchev–Trinajstić information content (AvgIpc) is 3.19. The number of rotatable bonds is 5. The third kappa shape index (κ3) is 2.74. The fourth-order valence-electron chi connectivity index (χ4n) is 3.27. The first-order chi connectivity index (χ1) is 10.7. The lowest BCUT2D eigenvalue weighted by atomic mass is 10.1. The van der Waals surface area contributed by atoms with Crippen LogP contribution in [-0.4, -0.2) is 33.7 Å². The second kappa shape index (κ2) is 6.51. The van der Waals surface area contributed by atoms with Gasteiger partial charge in [-0.15, -0.1) is 0 Å². The van der Waals surface area contributed by atoms with Crippen LogP contribution >= 0.6 is 0 Å². The maximum absolute atomic E-state index is 12.8. The molecule has 1 unspecified atom stereocenters. The molecule has 0 N–H and O–H groups in total. The van der Waals surface area contributed by atoms with E-state index in [0.29, 0.717) is 11.7 Å². The van der Waals surface area contributed by atoms with Crippen molar-refractivity contribution in [2.45, 2.75) is 52.0 Å². The van der Waals surface area contributed by atoms with Crippen LogP contribution in [0.25, 0.3) is 10.9 Å². The van der Waals surface area contributed by atoms with E-state index in [0.717, 1.165) is 43.3 Å². The number of nitrogens with zero attached hydrogens (tertiary/aromatic N) is 3. The summed E-state index contributed by atoms with van der Waals surface area (Å²) in [6.07, 6.45) is 5.68. The molecule has 0 saturated carbocycles. The van der Waals surface area contributed by atoms with Crippen LogP contribution in [-0.2, 0) is 0 Å². The van der Waals surface area contributed by atoms with Crippen molar-refractivity contribution in [1.82, 2.24) is 14.7 Å². The predicted molar refractivity (Wildman–Crippen MR) is 89.1 cm³/mol. The summed E-state index contributed by atoms with van der Waals surface area (Å²) in [5, 5.41) is 5.70. The SMILES string of the molecule is CCCCC(C)n1nc(C(=O)N2CCCC2)c2ccccc21. The molecule has 0 spiro atoms. The van der Waals surface area contributed by atoms with E-state index in [4.69, 9.17) is 5.10 Å². The van der Waals surface area contributed by atoms with E-state index < -0.39 is 0 Å². The first-order valence-electron chi connectivity index (χ1n) is 8.49. The van der Waals surface area contributed by atoms with Gasteiger partial charge in [0.1, 0.15) is 0 Å². The van der Waals surface area contributed by atoms with E-state index in [-0.39, 0.29) is 5.91 Å². The average molecular weight is 299 g/mol. The summed E-state index contributed by atoms with van der Waals surface area (Å²) in [5.41, 5.74) is 1.70. The molecule has 3 rings (SSSR count). The molecule has 1 aromatic carbocycles. The molecular formula is C18H25N3O. The molecular weight excluding hydrogens is 274 g/mol. The lowest BCUT2D eigenvalue weighted by molar-refractivity contribution is 0.0787. The summed E-state index contributed by atoms with van der Waals surface area (Å²) in [6, 6.07) is 8.44. The highest BCUT2D eigenvalue weighted by molar-refractivity contribution is 6.05. The van der Waals surface area contributed by atoms with Crippen molar-refractivity contribution >= 4 is 16.8 Å². The molecule has 0 radical (unpaired) electrons. The van der Waals surface area contributed by atoms with Gasteiger partial charge in [0.2, 0.25) is 0 Å². The van der Waals surface area contributed by atoms with Crippen molar-refractivity contribution in [3.05, 3.63) is 30.0 Å². The molecule has 1 aliphatic rings. The van der Waals surface area contributed by atoms with Gasteiger partial charge in [-0.25, -0.2) is 0 Å². The maximum Gasteiger partial charge on any atom is 0.275 e. The third-order valence-electron chi connectivity index (χ3n) is 4.60.